The molecule has 1 amide bonds. The second-order valence-corrected chi connectivity index (χ2v) is 6.83. The van der Waals surface area contributed by atoms with Gasteiger partial charge in [0.05, 0.1) is 23.4 Å². The molecule has 20 heavy (non-hydrogen) atoms. The minimum atomic E-state index is -3.44. The molecule has 0 aliphatic carbocycles. The fourth-order valence-corrected chi connectivity index (χ4v) is 2.98. The Morgan fingerprint density at radius 1 is 1.30 bits per heavy atom. The summed E-state index contributed by atoms with van der Waals surface area (Å²) in [6, 6.07) is 6.82. The lowest BCUT2D eigenvalue weighted by atomic mass is 10.4. The van der Waals surface area contributed by atoms with E-state index in [0.717, 1.165) is 0 Å². The summed E-state index contributed by atoms with van der Waals surface area (Å²) in [4.78, 5) is 12.2. The molecule has 2 heterocycles. The Morgan fingerprint density at radius 2 is 2.15 bits per heavy atom. The van der Waals surface area contributed by atoms with Crippen LogP contribution < -0.4 is 10.0 Å². The van der Waals surface area contributed by atoms with Crippen molar-refractivity contribution in [2.45, 2.75) is 6.54 Å². The van der Waals surface area contributed by atoms with Gasteiger partial charge in [-0.05, 0) is 23.6 Å². The van der Waals surface area contributed by atoms with Crippen LogP contribution in [0.2, 0.25) is 0 Å². The summed E-state index contributed by atoms with van der Waals surface area (Å²) >= 11 is 1.31. The van der Waals surface area contributed by atoms with Gasteiger partial charge >= 0.3 is 0 Å². The van der Waals surface area contributed by atoms with Gasteiger partial charge in [0.15, 0.2) is 0 Å². The topological polar surface area (TPSA) is 88.4 Å². The summed E-state index contributed by atoms with van der Waals surface area (Å²) in [5, 5.41) is 4.35. The van der Waals surface area contributed by atoms with Crippen LogP contribution in [0.25, 0.3) is 0 Å². The van der Waals surface area contributed by atoms with E-state index in [2.05, 4.69) is 10.0 Å². The number of amides is 1. The minimum Gasteiger partial charge on any atom is -0.468 e. The second-order valence-electron chi connectivity index (χ2n) is 3.95. The largest absolute Gasteiger partial charge is 0.468 e. The number of sulfonamides is 1. The minimum absolute atomic E-state index is 0.0597. The van der Waals surface area contributed by atoms with E-state index in [4.69, 9.17) is 4.42 Å². The van der Waals surface area contributed by atoms with E-state index in [9.17, 15) is 13.2 Å². The first-order valence-electron chi connectivity index (χ1n) is 5.88. The van der Waals surface area contributed by atoms with Crippen molar-refractivity contribution < 1.29 is 17.6 Å². The van der Waals surface area contributed by atoms with Crippen molar-refractivity contribution in [2.24, 2.45) is 0 Å². The molecule has 2 N–H and O–H groups in total. The highest BCUT2D eigenvalue weighted by molar-refractivity contribution is 7.89. The summed E-state index contributed by atoms with van der Waals surface area (Å²) in [5.41, 5.74) is 0. The Morgan fingerprint density at radius 3 is 2.80 bits per heavy atom. The van der Waals surface area contributed by atoms with E-state index >= 15 is 0 Å². The van der Waals surface area contributed by atoms with Gasteiger partial charge in [0.25, 0.3) is 5.91 Å². The van der Waals surface area contributed by atoms with Gasteiger partial charge in [0, 0.05) is 6.54 Å². The van der Waals surface area contributed by atoms with Crippen molar-refractivity contribution in [1.29, 1.82) is 0 Å². The van der Waals surface area contributed by atoms with E-state index in [0.29, 0.717) is 10.6 Å². The summed E-state index contributed by atoms with van der Waals surface area (Å²) in [6.45, 7) is 0.165. The van der Waals surface area contributed by atoms with Gasteiger partial charge in [-0.2, -0.15) is 0 Å². The van der Waals surface area contributed by atoms with E-state index < -0.39 is 10.0 Å². The lowest BCUT2D eigenvalue weighted by Crippen LogP contribution is -2.33. The molecule has 8 heteroatoms. The van der Waals surface area contributed by atoms with Gasteiger partial charge < -0.3 is 9.73 Å². The van der Waals surface area contributed by atoms with Crippen LogP contribution >= 0.6 is 11.3 Å². The van der Waals surface area contributed by atoms with E-state index in [-0.39, 0.29) is 24.7 Å². The molecule has 0 spiro atoms. The smallest absolute Gasteiger partial charge is 0.261 e. The lowest BCUT2D eigenvalue weighted by Gasteiger charge is -2.06. The molecule has 0 saturated carbocycles. The average molecular weight is 314 g/mol. The van der Waals surface area contributed by atoms with Crippen LogP contribution in [0.15, 0.2) is 40.3 Å². The van der Waals surface area contributed by atoms with Gasteiger partial charge in [0.2, 0.25) is 10.0 Å². The molecule has 2 aromatic rings. The molecular weight excluding hydrogens is 300 g/mol. The highest BCUT2D eigenvalue weighted by Crippen LogP contribution is 2.07. The number of nitrogens with one attached hydrogen (secondary N) is 2. The predicted octanol–water partition coefficient (Wildman–Crippen LogP) is 1.19. The number of hydrogen-bond acceptors (Lipinski definition) is 5. The van der Waals surface area contributed by atoms with Crippen molar-refractivity contribution in [3.63, 3.8) is 0 Å². The summed E-state index contributed by atoms with van der Waals surface area (Å²) in [5.74, 6) is 0.0996. The second kappa shape index (κ2) is 6.69. The van der Waals surface area contributed by atoms with Gasteiger partial charge in [-0.25, -0.2) is 13.1 Å². The number of hydrogen-bond donors (Lipinski definition) is 2. The number of carbonyl (C=O) groups is 1. The predicted molar refractivity (Wildman–Crippen MR) is 76.0 cm³/mol. The van der Waals surface area contributed by atoms with Crippen LogP contribution in [0.1, 0.15) is 15.4 Å². The number of furan rings is 1. The first-order chi connectivity index (χ1) is 9.57. The van der Waals surface area contributed by atoms with Crippen molar-refractivity contribution >= 4 is 27.3 Å². The van der Waals surface area contributed by atoms with Crippen LogP contribution in [-0.4, -0.2) is 26.6 Å². The quantitative estimate of drug-likeness (QED) is 0.803. The fraction of sp³-hybridized carbons (Fsp3) is 0.250. The van der Waals surface area contributed by atoms with Crippen LogP contribution in [0.5, 0.6) is 0 Å². The number of rotatable bonds is 7. The summed E-state index contributed by atoms with van der Waals surface area (Å²) in [7, 11) is -3.44. The SMILES string of the molecule is O=C(NCCS(=O)(=O)NCc1ccco1)c1cccs1. The molecule has 0 fully saturated rings. The van der Waals surface area contributed by atoms with Crippen molar-refractivity contribution in [2.75, 3.05) is 12.3 Å². The van der Waals surface area contributed by atoms with E-state index in [1.807, 2.05) is 0 Å². The highest BCUT2D eigenvalue weighted by atomic mass is 32.2. The normalized spacial score (nSPS) is 11.4. The summed E-state index contributed by atoms with van der Waals surface area (Å²) in [6.07, 6.45) is 1.48. The monoisotopic (exact) mass is 314 g/mol. The molecule has 0 bridgehead atoms. The first-order valence-corrected chi connectivity index (χ1v) is 8.41. The van der Waals surface area contributed by atoms with Crippen LogP contribution in [0, 0.1) is 0 Å². The van der Waals surface area contributed by atoms with Crippen molar-refractivity contribution in [3.8, 4) is 0 Å². The molecule has 0 aromatic carbocycles. The van der Waals surface area contributed by atoms with Gasteiger partial charge in [-0.3, -0.25) is 4.79 Å². The Labute approximate surface area is 120 Å². The third kappa shape index (κ3) is 4.48. The zero-order chi connectivity index (χ0) is 14.4. The zero-order valence-corrected chi connectivity index (χ0v) is 12.2. The molecule has 0 aliphatic rings. The average Bonchev–Trinajstić information content (AvgIpc) is 3.09. The van der Waals surface area contributed by atoms with Crippen molar-refractivity contribution in [3.05, 3.63) is 46.5 Å². The Hall–Kier alpha value is -1.64. The van der Waals surface area contributed by atoms with Crippen LogP contribution in [0.3, 0.4) is 0 Å². The molecular formula is C12H14N2O4S2. The molecule has 0 saturated heterocycles. The first kappa shape index (κ1) is 14.8. The molecule has 2 aromatic heterocycles. The zero-order valence-electron chi connectivity index (χ0n) is 10.5. The molecule has 0 unspecified atom stereocenters. The third-order valence-electron chi connectivity index (χ3n) is 2.45. The van der Waals surface area contributed by atoms with Gasteiger partial charge in [0.1, 0.15) is 5.76 Å². The molecule has 108 valence electrons. The number of thiophene rings is 1. The van der Waals surface area contributed by atoms with E-state index in [1.54, 1.807) is 29.6 Å². The maximum absolute atomic E-state index is 11.7. The van der Waals surface area contributed by atoms with Gasteiger partial charge in [-0.1, -0.05) is 6.07 Å². The lowest BCUT2D eigenvalue weighted by molar-refractivity contribution is 0.0960. The summed E-state index contributed by atoms with van der Waals surface area (Å²) < 4.78 is 30.8. The maximum atomic E-state index is 11.7. The van der Waals surface area contributed by atoms with Crippen LogP contribution in [0.4, 0.5) is 0 Å². The van der Waals surface area contributed by atoms with Crippen molar-refractivity contribution in [1.82, 2.24) is 10.0 Å². The Kier molecular flexibility index (Phi) is 4.94. The Balaban J connectivity index is 1.73. The third-order valence-corrected chi connectivity index (χ3v) is 4.64. The highest BCUT2D eigenvalue weighted by Gasteiger charge is 2.12. The molecule has 6 nitrogen and oxygen atoms in total. The Bertz CT molecular complexity index is 633. The van der Waals surface area contributed by atoms with Crippen LogP contribution in [-0.2, 0) is 16.6 Å². The fourth-order valence-electron chi connectivity index (χ4n) is 1.46. The number of carbonyl (C=O) groups excluding carboxylic acids is 1. The maximum Gasteiger partial charge on any atom is 0.261 e. The molecule has 0 atom stereocenters. The van der Waals surface area contributed by atoms with E-state index in [1.165, 1.54) is 17.6 Å². The molecule has 2 rings (SSSR count). The van der Waals surface area contributed by atoms with Gasteiger partial charge in [-0.15, -0.1) is 11.3 Å². The standard InChI is InChI=1S/C12H14N2O4S2/c15-12(11-4-2-7-19-11)13-5-8-20(16,17)14-9-10-3-1-6-18-10/h1-4,6-7,14H,5,8-9H2,(H,13,15). The molecule has 0 radical (unpaired) electrons. The molecule has 0 aliphatic heterocycles.